The maximum atomic E-state index is 11.3. The Morgan fingerprint density at radius 3 is 2.89 bits per heavy atom. The number of amides is 1. The summed E-state index contributed by atoms with van der Waals surface area (Å²) >= 11 is 7.80. The van der Waals surface area contributed by atoms with Crippen molar-refractivity contribution in [1.29, 1.82) is 0 Å². The first kappa shape index (κ1) is 19.0. The Morgan fingerprint density at radius 1 is 1.33 bits per heavy atom. The monoisotopic (exact) mass is 401 g/mol. The molecule has 6 nitrogen and oxygen atoms in total. The van der Waals surface area contributed by atoms with E-state index in [-0.39, 0.29) is 18.4 Å². The van der Waals surface area contributed by atoms with Gasteiger partial charge in [-0.1, -0.05) is 29.8 Å². The van der Waals surface area contributed by atoms with Crippen molar-refractivity contribution in [3.8, 4) is 11.3 Å². The number of carbonyl (C=O) groups excluding carboxylic acids is 2. The van der Waals surface area contributed by atoms with Crippen molar-refractivity contribution in [3.63, 3.8) is 0 Å². The highest BCUT2D eigenvalue weighted by atomic mass is 35.5. The van der Waals surface area contributed by atoms with E-state index >= 15 is 0 Å². The standard InChI is InChI=1S/C19H16ClN3O3S/c1-12(25)23-17-8-13(6-7-21-17)15(9-26-11-24)19-18(22-10-27-19)14-4-2-3-5-16(14)20/h2-8,10-11,15H,9H2,1H3,(H,21,23,25). The number of ether oxygens (including phenoxy) is 1. The molecule has 3 rings (SSSR count). The average Bonchev–Trinajstić information content (AvgIpc) is 3.11. The summed E-state index contributed by atoms with van der Waals surface area (Å²) in [5.74, 6) is -0.0562. The van der Waals surface area contributed by atoms with Gasteiger partial charge in [-0.15, -0.1) is 11.3 Å². The van der Waals surface area contributed by atoms with Crippen molar-refractivity contribution in [1.82, 2.24) is 9.97 Å². The van der Waals surface area contributed by atoms with Gasteiger partial charge < -0.3 is 10.1 Å². The molecule has 0 saturated heterocycles. The van der Waals surface area contributed by atoms with E-state index in [1.54, 1.807) is 23.8 Å². The zero-order chi connectivity index (χ0) is 19.2. The molecule has 1 atom stereocenters. The Labute approximate surface area is 165 Å². The molecule has 0 saturated carbocycles. The average molecular weight is 402 g/mol. The van der Waals surface area contributed by atoms with Crippen LogP contribution in [0.25, 0.3) is 11.3 Å². The second-order valence-electron chi connectivity index (χ2n) is 5.68. The van der Waals surface area contributed by atoms with Gasteiger partial charge in [0.1, 0.15) is 12.4 Å². The number of hydrogen-bond acceptors (Lipinski definition) is 6. The predicted molar refractivity (Wildman–Crippen MR) is 105 cm³/mol. The molecule has 0 aliphatic carbocycles. The van der Waals surface area contributed by atoms with Crippen LogP contribution in [0.4, 0.5) is 5.82 Å². The van der Waals surface area contributed by atoms with Crippen LogP contribution in [0.1, 0.15) is 23.3 Å². The molecule has 27 heavy (non-hydrogen) atoms. The quantitative estimate of drug-likeness (QED) is 0.602. The number of benzene rings is 1. The molecule has 0 radical (unpaired) electrons. The lowest BCUT2D eigenvalue weighted by molar-refractivity contribution is -0.128. The number of aromatic nitrogens is 2. The molecule has 3 aromatic rings. The second kappa shape index (κ2) is 8.75. The fourth-order valence-electron chi connectivity index (χ4n) is 2.73. The van der Waals surface area contributed by atoms with E-state index in [2.05, 4.69) is 15.3 Å². The lowest BCUT2D eigenvalue weighted by atomic mass is 9.96. The lowest BCUT2D eigenvalue weighted by Gasteiger charge is -2.17. The molecule has 2 aromatic heterocycles. The van der Waals surface area contributed by atoms with Gasteiger partial charge in [-0.05, 0) is 23.8 Å². The van der Waals surface area contributed by atoms with Crippen molar-refractivity contribution in [3.05, 3.63) is 63.6 Å². The maximum absolute atomic E-state index is 11.3. The first-order chi connectivity index (χ1) is 13.1. The van der Waals surface area contributed by atoms with Crippen LogP contribution in [0.2, 0.25) is 5.02 Å². The summed E-state index contributed by atoms with van der Waals surface area (Å²) in [6, 6.07) is 11.0. The van der Waals surface area contributed by atoms with Crippen LogP contribution in [0.5, 0.6) is 0 Å². The molecule has 0 fully saturated rings. The fraction of sp³-hybridized carbons (Fsp3) is 0.158. The van der Waals surface area contributed by atoms with E-state index in [1.807, 2.05) is 24.3 Å². The summed E-state index contributed by atoms with van der Waals surface area (Å²) in [4.78, 5) is 31.7. The Bertz CT molecular complexity index is 961. The van der Waals surface area contributed by atoms with E-state index in [0.717, 1.165) is 21.7 Å². The number of carbonyl (C=O) groups is 2. The fourth-order valence-corrected chi connectivity index (χ4v) is 3.87. The van der Waals surface area contributed by atoms with E-state index in [0.29, 0.717) is 17.3 Å². The highest BCUT2D eigenvalue weighted by molar-refractivity contribution is 7.10. The molecule has 1 aromatic carbocycles. The highest BCUT2D eigenvalue weighted by Crippen LogP contribution is 2.38. The van der Waals surface area contributed by atoms with Gasteiger partial charge in [-0.2, -0.15) is 0 Å². The minimum atomic E-state index is -0.274. The third-order valence-electron chi connectivity index (χ3n) is 3.86. The van der Waals surface area contributed by atoms with Crippen molar-refractivity contribution in [2.24, 2.45) is 0 Å². The first-order valence-corrected chi connectivity index (χ1v) is 9.33. The molecule has 0 bridgehead atoms. The van der Waals surface area contributed by atoms with Crippen LogP contribution in [0.3, 0.4) is 0 Å². The minimum Gasteiger partial charge on any atom is -0.467 e. The zero-order valence-electron chi connectivity index (χ0n) is 14.4. The van der Waals surface area contributed by atoms with Crippen molar-refractivity contribution in [2.75, 3.05) is 11.9 Å². The van der Waals surface area contributed by atoms with Gasteiger partial charge in [0.05, 0.1) is 17.1 Å². The number of thiazole rings is 1. The number of rotatable bonds is 7. The highest BCUT2D eigenvalue weighted by Gasteiger charge is 2.23. The van der Waals surface area contributed by atoms with E-state index < -0.39 is 0 Å². The third-order valence-corrected chi connectivity index (χ3v) is 5.13. The number of nitrogens with zero attached hydrogens (tertiary/aromatic N) is 2. The maximum Gasteiger partial charge on any atom is 0.293 e. The number of nitrogens with one attached hydrogen (secondary N) is 1. The van der Waals surface area contributed by atoms with E-state index in [9.17, 15) is 9.59 Å². The Balaban J connectivity index is 2.05. The second-order valence-corrected chi connectivity index (χ2v) is 6.98. The van der Waals surface area contributed by atoms with Gasteiger partial charge >= 0.3 is 0 Å². The molecule has 1 N–H and O–H groups in total. The van der Waals surface area contributed by atoms with Crippen molar-refractivity contribution < 1.29 is 14.3 Å². The number of halogens is 1. The van der Waals surface area contributed by atoms with Crippen LogP contribution in [-0.2, 0) is 14.3 Å². The van der Waals surface area contributed by atoms with Crippen molar-refractivity contribution >= 4 is 41.1 Å². The van der Waals surface area contributed by atoms with E-state index in [1.165, 1.54) is 18.3 Å². The molecule has 0 spiro atoms. The van der Waals surface area contributed by atoms with Gasteiger partial charge in [-0.25, -0.2) is 9.97 Å². The van der Waals surface area contributed by atoms with Crippen LogP contribution >= 0.6 is 22.9 Å². The topological polar surface area (TPSA) is 81.2 Å². The van der Waals surface area contributed by atoms with Crippen LogP contribution in [-0.4, -0.2) is 29.0 Å². The van der Waals surface area contributed by atoms with E-state index in [4.69, 9.17) is 16.3 Å². The Kier molecular flexibility index (Phi) is 6.16. The SMILES string of the molecule is CC(=O)Nc1cc(C(COC=O)c2scnc2-c2ccccc2Cl)ccn1. The Hall–Kier alpha value is -2.77. The van der Waals surface area contributed by atoms with Gasteiger partial charge in [0, 0.05) is 28.6 Å². The first-order valence-electron chi connectivity index (χ1n) is 8.07. The van der Waals surface area contributed by atoms with Gasteiger partial charge in [0.25, 0.3) is 6.47 Å². The minimum absolute atomic E-state index is 0.132. The van der Waals surface area contributed by atoms with Gasteiger partial charge in [0.2, 0.25) is 5.91 Å². The summed E-state index contributed by atoms with van der Waals surface area (Å²) in [6.07, 6.45) is 1.60. The predicted octanol–water partition coefficient (Wildman–Crippen LogP) is 4.12. The molecule has 8 heteroatoms. The molecule has 0 aliphatic rings. The summed E-state index contributed by atoms with van der Waals surface area (Å²) in [5, 5.41) is 3.25. The third kappa shape index (κ3) is 4.50. The largest absolute Gasteiger partial charge is 0.467 e. The summed E-state index contributed by atoms with van der Waals surface area (Å²) in [5.41, 5.74) is 4.12. The number of pyridine rings is 1. The van der Waals surface area contributed by atoms with Crippen LogP contribution in [0, 0.1) is 0 Å². The zero-order valence-corrected chi connectivity index (χ0v) is 16.0. The Morgan fingerprint density at radius 2 is 2.15 bits per heavy atom. The molecule has 2 heterocycles. The van der Waals surface area contributed by atoms with Gasteiger partial charge in [0.15, 0.2) is 0 Å². The van der Waals surface area contributed by atoms with Crippen LogP contribution in [0.15, 0.2) is 48.1 Å². The molecule has 0 aliphatic heterocycles. The smallest absolute Gasteiger partial charge is 0.293 e. The number of hydrogen-bond donors (Lipinski definition) is 1. The summed E-state index contributed by atoms with van der Waals surface area (Å²) in [7, 11) is 0. The lowest BCUT2D eigenvalue weighted by Crippen LogP contribution is -2.12. The van der Waals surface area contributed by atoms with Crippen molar-refractivity contribution in [2.45, 2.75) is 12.8 Å². The molecule has 138 valence electrons. The molecule has 1 amide bonds. The summed E-state index contributed by atoms with van der Waals surface area (Å²) in [6.45, 7) is 1.96. The summed E-state index contributed by atoms with van der Waals surface area (Å²) < 4.78 is 5.07. The molecular formula is C19H16ClN3O3S. The van der Waals surface area contributed by atoms with Gasteiger partial charge in [-0.3, -0.25) is 9.59 Å². The molecule has 1 unspecified atom stereocenters. The number of anilines is 1. The van der Waals surface area contributed by atoms with Crippen LogP contribution < -0.4 is 5.32 Å². The normalized spacial score (nSPS) is 11.6. The molecular weight excluding hydrogens is 386 g/mol.